The van der Waals surface area contributed by atoms with Crippen LogP contribution < -0.4 is 5.32 Å². The van der Waals surface area contributed by atoms with Gasteiger partial charge in [-0.2, -0.15) is 14.5 Å². The van der Waals surface area contributed by atoms with Crippen molar-refractivity contribution in [3.05, 3.63) is 6.33 Å². The number of rotatable bonds is 2. The number of aromatic amines is 1. The van der Waals surface area contributed by atoms with E-state index in [-0.39, 0.29) is 0 Å². The number of hydrogen-bond acceptors (Lipinski definition) is 6. The first-order chi connectivity index (χ1) is 5.90. The van der Waals surface area contributed by atoms with Crippen molar-refractivity contribution in [2.45, 2.75) is 0 Å². The molecule has 0 atom stereocenters. The van der Waals surface area contributed by atoms with Gasteiger partial charge in [-0.15, -0.1) is 0 Å². The molecule has 0 bridgehead atoms. The van der Waals surface area contributed by atoms with Crippen LogP contribution in [0.5, 0.6) is 0 Å². The molecule has 0 aliphatic heterocycles. The zero-order chi connectivity index (χ0) is 8.39. The topological polar surface area (TPSA) is 79.4 Å². The van der Waals surface area contributed by atoms with E-state index < -0.39 is 0 Å². The first kappa shape index (κ1) is 7.17. The van der Waals surface area contributed by atoms with Gasteiger partial charge >= 0.3 is 0 Å². The van der Waals surface area contributed by atoms with Gasteiger partial charge in [0.25, 0.3) is 0 Å². The molecule has 62 valence electrons. The Bertz CT molecular complexity index is 352. The monoisotopic (exact) mass is 182 g/mol. The van der Waals surface area contributed by atoms with Crippen LogP contribution >= 0.6 is 11.5 Å². The molecule has 0 amide bonds. The van der Waals surface area contributed by atoms with E-state index >= 15 is 0 Å². The molecule has 0 unspecified atom stereocenters. The highest BCUT2D eigenvalue weighted by Gasteiger charge is 2.06. The zero-order valence-electron chi connectivity index (χ0n) is 6.27. The molecule has 0 aromatic carbocycles. The normalized spacial score (nSPS) is 10.1. The summed E-state index contributed by atoms with van der Waals surface area (Å²) in [5, 5.41) is 10.0. The van der Waals surface area contributed by atoms with Crippen LogP contribution in [0.1, 0.15) is 0 Å². The van der Waals surface area contributed by atoms with Crippen molar-refractivity contribution in [1.29, 1.82) is 0 Å². The van der Waals surface area contributed by atoms with Crippen LogP contribution in [0.3, 0.4) is 0 Å². The molecule has 2 aromatic rings. The molecule has 0 aliphatic rings. The fraction of sp³-hybridized carbons (Fsp3) is 0.200. The predicted molar refractivity (Wildman–Crippen MR) is 44.8 cm³/mol. The van der Waals surface area contributed by atoms with E-state index in [0.717, 1.165) is 5.13 Å². The lowest BCUT2D eigenvalue weighted by molar-refractivity contribution is 1.08. The lowest BCUT2D eigenvalue weighted by Gasteiger charge is -1.85. The molecule has 0 saturated carbocycles. The SMILES string of the molecule is CNc1nc(-c2ncn[nH]2)ns1. The van der Waals surface area contributed by atoms with Crippen molar-refractivity contribution in [3.8, 4) is 11.6 Å². The molecule has 2 heterocycles. The summed E-state index contributed by atoms with van der Waals surface area (Å²) in [6.45, 7) is 0. The Morgan fingerprint density at radius 3 is 3.08 bits per heavy atom. The molecular formula is C5H6N6S. The Balaban J connectivity index is 2.35. The smallest absolute Gasteiger partial charge is 0.212 e. The highest BCUT2D eigenvalue weighted by atomic mass is 32.1. The second-order valence-corrected chi connectivity index (χ2v) is 2.76. The third kappa shape index (κ3) is 1.14. The minimum atomic E-state index is 0.571. The summed E-state index contributed by atoms with van der Waals surface area (Å²) in [6, 6.07) is 0. The minimum absolute atomic E-state index is 0.571. The third-order valence-corrected chi connectivity index (χ3v) is 2.00. The molecule has 2 rings (SSSR count). The summed E-state index contributed by atoms with van der Waals surface area (Å²) < 4.78 is 4.06. The summed E-state index contributed by atoms with van der Waals surface area (Å²) >= 11 is 1.29. The molecule has 0 radical (unpaired) electrons. The number of nitrogens with zero attached hydrogens (tertiary/aromatic N) is 4. The molecule has 0 fully saturated rings. The second kappa shape index (κ2) is 2.86. The first-order valence-corrected chi connectivity index (χ1v) is 4.04. The number of H-pyrrole nitrogens is 1. The standard InChI is InChI=1S/C5H6N6S/c1-6-5-9-4(11-12-5)3-7-2-8-10-3/h2H,1H3,(H,6,9,11)(H,7,8,10). The van der Waals surface area contributed by atoms with Crippen molar-refractivity contribution < 1.29 is 0 Å². The van der Waals surface area contributed by atoms with Crippen molar-refractivity contribution in [1.82, 2.24) is 24.5 Å². The van der Waals surface area contributed by atoms with E-state index in [2.05, 4.69) is 29.9 Å². The zero-order valence-corrected chi connectivity index (χ0v) is 7.09. The maximum atomic E-state index is 4.13. The van der Waals surface area contributed by atoms with E-state index in [9.17, 15) is 0 Å². The van der Waals surface area contributed by atoms with Crippen LogP contribution in [0.4, 0.5) is 5.13 Å². The minimum Gasteiger partial charge on any atom is -0.363 e. The Morgan fingerprint density at radius 2 is 2.50 bits per heavy atom. The van der Waals surface area contributed by atoms with Crippen LogP contribution in [0, 0.1) is 0 Å². The van der Waals surface area contributed by atoms with Crippen molar-refractivity contribution in [3.63, 3.8) is 0 Å². The summed E-state index contributed by atoms with van der Waals surface area (Å²) in [6.07, 6.45) is 1.43. The molecular weight excluding hydrogens is 176 g/mol. The first-order valence-electron chi connectivity index (χ1n) is 3.27. The summed E-state index contributed by atoms with van der Waals surface area (Å²) in [5.41, 5.74) is 0. The molecule has 12 heavy (non-hydrogen) atoms. The average Bonchev–Trinajstić information content (AvgIpc) is 2.75. The Labute approximate surface area is 72.2 Å². The number of hydrogen-bond donors (Lipinski definition) is 2. The van der Waals surface area contributed by atoms with E-state index in [0.29, 0.717) is 11.6 Å². The largest absolute Gasteiger partial charge is 0.363 e. The van der Waals surface area contributed by atoms with E-state index in [1.54, 1.807) is 7.05 Å². The van der Waals surface area contributed by atoms with Crippen LogP contribution in [0.2, 0.25) is 0 Å². The van der Waals surface area contributed by atoms with Crippen molar-refractivity contribution >= 4 is 16.7 Å². The molecule has 0 aliphatic carbocycles. The third-order valence-electron chi connectivity index (χ3n) is 1.27. The van der Waals surface area contributed by atoms with Gasteiger partial charge in [-0.3, -0.25) is 5.10 Å². The quantitative estimate of drug-likeness (QED) is 0.701. The number of anilines is 1. The highest BCUT2D eigenvalue weighted by Crippen LogP contribution is 2.15. The van der Waals surface area contributed by atoms with E-state index in [1.165, 1.54) is 17.9 Å². The molecule has 0 saturated heterocycles. The lowest BCUT2D eigenvalue weighted by Crippen LogP contribution is -1.87. The molecule has 7 heteroatoms. The van der Waals surface area contributed by atoms with Gasteiger partial charge in [-0.1, -0.05) is 0 Å². The maximum Gasteiger partial charge on any atom is 0.212 e. The van der Waals surface area contributed by atoms with Gasteiger partial charge in [-0.25, -0.2) is 4.98 Å². The molecule has 6 nitrogen and oxygen atoms in total. The van der Waals surface area contributed by atoms with Crippen molar-refractivity contribution in [2.75, 3.05) is 12.4 Å². The molecule has 2 N–H and O–H groups in total. The van der Waals surface area contributed by atoms with Crippen molar-refractivity contribution in [2.24, 2.45) is 0 Å². The van der Waals surface area contributed by atoms with Crippen LogP contribution in [-0.4, -0.2) is 31.6 Å². The summed E-state index contributed by atoms with van der Waals surface area (Å²) in [7, 11) is 1.80. The highest BCUT2D eigenvalue weighted by molar-refractivity contribution is 7.09. The fourth-order valence-electron chi connectivity index (χ4n) is 0.734. The number of aromatic nitrogens is 5. The predicted octanol–water partition coefficient (Wildman–Crippen LogP) is 0.365. The van der Waals surface area contributed by atoms with Crippen LogP contribution in [-0.2, 0) is 0 Å². The Hall–Kier alpha value is -1.50. The van der Waals surface area contributed by atoms with Gasteiger partial charge in [-0.05, 0) is 0 Å². The van der Waals surface area contributed by atoms with Gasteiger partial charge in [0.15, 0.2) is 5.82 Å². The summed E-state index contributed by atoms with van der Waals surface area (Å²) in [5.74, 6) is 1.16. The maximum absolute atomic E-state index is 4.13. The van der Waals surface area contributed by atoms with E-state index in [1.807, 2.05) is 0 Å². The van der Waals surface area contributed by atoms with Gasteiger partial charge in [0, 0.05) is 18.6 Å². The van der Waals surface area contributed by atoms with Gasteiger partial charge in [0.2, 0.25) is 11.0 Å². The fourth-order valence-corrected chi connectivity index (χ4v) is 1.25. The van der Waals surface area contributed by atoms with E-state index in [4.69, 9.17) is 0 Å². The van der Waals surface area contributed by atoms with Crippen LogP contribution in [0.25, 0.3) is 11.6 Å². The van der Waals surface area contributed by atoms with Gasteiger partial charge < -0.3 is 5.32 Å². The van der Waals surface area contributed by atoms with Gasteiger partial charge in [0.1, 0.15) is 6.33 Å². The summed E-state index contributed by atoms with van der Waals surface area (Å²) in [4.78, 5) is 8.06. The average molecular weight is 182 g/mol. The lowest BCUT2D eigenvalue weighted by atomic mass is 10.6. The molecule has 0 spiro atoms. The number of nitrogens with one attached hydrogen (secondary N) is 2. The Morgan fingerprint density at radius 1 is 1.58 bits per heavy atom. The molecule has 2 aromatic heterocycles. The van der Waals surface area contributed by atoms with Crippen LogP contribution in [0.15, 0.2) is 6.33 Å². The van der Waals surface area contributed by atoms with Gasteiger partial charge in [0.05, 0.1) is 0 Å². The Kier molecular flexibility index (Phi) is 1.71. The second-order valence-electron chi connectivity index (χ2n) is 2.01.